The normalized spacial score (nSPS) is 20.8. The number of hydrogen-bond donors (Lipinski definition) is 1. The Kier molecular flexibility index (Phi) is 4.23. The van der Waals surface area contributed by atoms with Crippen molar-refractivity contribution in [3.05, 3.63) is 29.3 Å². The van der Waals surface area contributed by atoms with E-state index in [0.717, 1.165) is 25.6 Å². The number of benzene rings is 1. The Balaban J connectivity index is 2.28. The molecule has 2 rings (SSSR count). The number of anilines is 1. The second-order valence-electron chi connectivity index (χ2n) is 5.32. The molecule has 1 fully saturated rings. The standard InChI is InChI=1S/C14H19F2N3O/c1-9-8-18(2)4-3-5-19(9)14(20)10-6-13(17)12(16)7-11(10)15/h6-7,9H,3-5,8,17H2,1-2H3. The van der Waals surface area contributed by atoms with Gasteiger partial charge in [-0.2, -0.15) is 0 Å². The third kappa shape index (κ3) is 2.90. The number of amides is 1. The number of nitrogens with zero attached hydrogens (tertiary/aromatic N) is 2. The predicted octanol–water partition coefficient (Wildman–Crippen LogP) is 1.71. The Morgan fingerprint density at radius 2 is 2.00 bits per heavy atom. The largest absolute Gasteiger partial charge is 0.396 e. The second-order valence-corrected chi connectivity index (χ2v) is 5.32. The van der Waals surface area contributed by atoms with Gasteiger partial charge < -0.3 is 15.5 Å². The molecule has 1 aliphatic heterocycles. The van der Waals surface area contributed by atoms with Crippen LogP contribution in [-0.4, -0.2) is 48.4 Å². The minimum absolute atomic E-state index is 0.0272. The van der Waals surface area contributed by atoms with Gasteiger partial charge >= 0.3 is 0 Å². The van der Waals surface area contributed by atoms with Crippen LogP contribution in [0.4, 0.5) is 14.5 Å². The SMILES string of the molecule is CC1CN(C)CCCN1C(=O)c1cc(N)c(F)cc1F. The van der Waals surface area contributed by atoms with Gasteiger partial charge in [0.15, 0.2) is 0 Å². The van der Waals surface area contributed by atoms with Crippen molar-refractivity contribution in [1.29, 1.82) is 0 Å². The number of carbonyl (C=O) groups is 1. The molecule has 1 aromatic rings. The van der Waals surface area contributed by atoms with Crippen molar-refractivity contribution < 1.29 is 13.6 Å². The number of nitrogens with two attached hydrogens (primary N) is 1. The van der Waals surface area contributed by atoms with Crippen LogP contribution in [0.2, 0.25) is 0 Å². The third-order valence-electron chi connectivity index (χ3n) is 3.62. The van der Waals surface area contributed by atoms with E-state index in [0.29, 0.717) is 12.6 Å². The topological polar surface area (TPSA) is 49.6 Å². The molecule has 1 unspecified atom stereocenters. The van der Waals surface area contributed by atoms with E-state index in [2.05, 4.69) is 4.90 Å². The predicted molar refractivity (Wildman–Crippen MR) is 73.4 cm³/mol. The zero-order valence-corrected chi connectivity index (χ0v) is 11.7. The highest BCUT2D eigenvalue weighted by Crippen LogP contribution is 2.20. The number of rotatable bonds is 1. The Labute approximate surface area is 117 Å². The third-order valence-corrected chi connectivity index (χ3v) is 3.62. The molecule has 2 N–H and O–H groups in total. The number of carbonyl (C=O) groups excluding carboxylic acids is 1. The number of halogens is 2. The van der Waals surface area contributed by atoms with Crippen LogP contribution >= 0.6 is 0 Å². The van der Waals surface area contributed by atoms with Crippen molar-refractivity contribution in [2.45, 2.75) is 19.4 Å². The summed E-state index contributed by atoms with van der Waals surface area (Å²) in [5, 5.41) is 0. The van der Waals surface area contributed by atoms with Crippen molar-refractivity contribution in [3.8, 4) is 0 Å². The summed E-state index contributed by atoms with van der Waals surface area (Å²) in [7, 11) is 1.99. The molecule has 0 saturated carbocycles. The van der Waals surface area contributed by atoms with Crippen molar-refractivity contribution >= 4 is 11.6 Å². The van der Waals surface area contributed by atoms with Gasteiger partial charge in [0.05, 0.1) is 11.3 Å². The van der Waals surface area contributed by atoms with Gasteiger partial charge in [-0.1, -0.05) is 0 Å². The molecule has 1 saturated heterocycles. The molecule has 0 radical (unpaired) electrons. The molecule has 4 nitrogen and oxygen atoms in total. The van der Waals surface area contributed by atoms with Crippen LogP contribution < -0.4 is 5.73 Å². The fraction of sp³-hybridized carbons (Fsp3) is 0.500. The summed E-state index contributed by atoms with van der Waals surface area (Å²) in [5.74, 6) is -2.15. The molecule has 0 spiro atoms. The van der Waals surface area contributed by atoms with Gasteiger partial charge in [0.25, 0.3) is 5.91 Å². The molecular weight excluding hydrogens is 264 g/mol. The van der Waals surface area contributed by atoms with Gasteiger partial charge in [-0.25, -0.2) is 8.78 Å². The van der Waals surface area contributed by atoms with E-state index in [1.807, 2.05) is 14.0 Å². The molecule has 1 heterocycles. The fourth-order valence-electron chi connectivity index (χ4n) is 2.56. The van der Waals surface area contributed by atoms with E-state index in [1.54, 1.807) is 4.90 Å². The van der Waals surface area contributed by atoms with Gasteiger partial charge in [-0.3, -0.25) is 4.79 Å². The fourth-order valence-corrected chi connectivity index (χ4v) is 2.56. The molecule has 1 aromatic carbocycles. The second kappa shape index (κ2) is 5.75. The first-order chi connectivity index (χ1) is 9.40. The van der Waals surface area contributed by atoms with E-state index in [4.69, 9.17) is 5.73 Å². The first kappa shape index (κ1) is 14.7. The zero-order chi connectivity index (χ0) is 14.9. The number of hydrogen-bond acceptors (Lipinski definition) is 3. The maximum absolute atomic E-state index is 13.8. The lowest BCUT2D eigenvalue weighted by molar-refractivity contribution is 0.0691. The molecular formula is C14H19F2N3O. The van der Waals surface area contributed by atoms with Crippen molar-refractivity contribution in [2.24, 2.45) is 0 Å². The summed E-state index contributed by atoms with van der Waals surface area (Å²) >= 11 is 0. The summed E-state index contributed by atoms with van der Waals surface area (Å²) in [6.07, 6.45) is 0.824. The van der Waals surface area contributed by atoms with Crippen LogP contribution in [0, 0.1) is 11.6 Å². The van der Waals surface area contributed by atoms with E-state index in [1.165, 1.54) is 0 Å². The van der Waals surface area contributed by atoms with Crippen molar-refractivity contribution in [1.82, 2.24) is 9.80 Å². The summed E-state index contributed by atoms with van der Waals surface area (Å²) in [6.45, 7) is 4.10. The minimum atomic E-state index is -0.869. The van der Waals surface area contributed by atoms with Gasteiger partial charge in [0, 0.05) is 25.2 Å². The van der Waals surface area contributed by atoms with Gasteiger partial charge in [-0.15, -0.1) is 0 Å². The van der Waals surface area contributed by atoms with Crippen molar-refractivity contribution in [3.63, 3.8) is 0 Å². The first-order valence-electron chi connectivity index (χ1n) is 6.64. The lowest BCUT2D eigenvalue weighted by atomic mass is 10.1. The Hall–Kier alpha value is -1.69. The zero-order valence-electron chi connectivity index (χ0n) is 11.7. The molecule has 1 atom stereocenters. The number of likely N-dealkylation sites (N-methyl/N-ethyl adjacent to an activating group) is 1. The highest BCUT2D eigenvalue weighted by molar-refractivity contribution is 5.95. The van der Waals surface area contributed by atoms with Gasteiger partial charge in [0.1, 0.15) is 11.6 Å². The highest BCUT2D eigenvalue weighted by Gasteiger charge is 2.27. The average molecular weight is 283 g/mol. The molecule has 0 aromatic heterocycles. The molecule has 0 bridgehead atoms. The molecule has 1 aliphatic rings. The van der Waals surface area contributed by atoms with Crippen LogP contribution in [0.15, 0.2) is 12.1 Å². The highest BCUT2D eigenvalue weighted by atomic mass is 19.1. The molecule has 110 valence electrons. The molecule has 0 aliphatic carbocycles. The Morgan fingerprint density at radius 1 is 1.30 bits per heavy atom. The van der Waals surface area contributed by atoms with Crippen LogP contribution in [0.5, 0.6) is 0 Å². The summed E-state index contributed by atoms with van der Waals surface area (Å²) < 4.78 is 26.9. The lowest BCUT2D eigenvalue weighted by Gasteiger charge is -2.28. The first-order valence-corrected chi connectivity index (χ1v) is 6.64. The monoisotopic (exact) mass is 283 g/mol. The lowest BCUT2D eigenvalue weighted by Crippen LogP contribution is -2.42. The van der Waals surface area contributed by atoms with Crippen molar-refractivity contribution in [2.75, 3.05) is 32.4 Å². The summed E-state index contributed by atoms with van der Waals surface area (Å²) in [6, 6.07) is 1.71. The van der Waals surface area contributed by atoms with Crippen LogP contribution in [0.1, 0.15) is 23.7 Å². The smallest absolute Gasteiger partial charge is 0.257 e. The Bertz CT molecular complexity index is 521. The molecule has 1 amide bonds. The molecule has 20 heavy (non-hydrogen) atoms. The maximum Gasteiger partial charge on any atom is 0.257 e. The summed E-state index contributed by atoms with van der Waals surface area (Å²) in [4.78, 5) is 16.2. The number of nitrogen functional groups attached to an aromatic ring is 1. The van der Waals surface area contributed by atoms with Crippen LogP contribution in [-0.2, 0) is 0 Å². The van der Waals surface area contributed by atoms with E-state index >= 15 is 0 Å². The van der Waals surface area contributed by atoms with Crippen LogP contribution in [0.3, 0.4) is 0 Å². The maximum atomic E-state index is 13.8. The Morgan fingerprint density at radius 3 is 2.70 bits per heavy atom. The quantitative estimate of drug-likeness (QED) is 0.798. The van der Waals surface area contributed by atoms with E-state index in [-0.39, 0.29) is 17.3 Å². The minimum Gasteiger partial charge on any atom is -0.396 e. The summed E-state index contributed by atoms with van der Waals surface area (Å²) in [5.41, 5.74) is 5.04. The molecule has 6 heteroatoms. The van der Waals surface area contributed by atoms with E-state index < -0.39 is 17.5 Å². The van der Waals surface area contributed by atoms with E-state index in [9.17, 15) is 13.6 Å². The van der Waals surface area contributed by atoms with Gasteiger partial charge in [0.2, 0.25) is 0 Å². The average Bonchev–Trinajstić information content (AvgIpc) is 2.54. The van der Waals surface area contributed by atoms with Gasteiger partial charge in [-0.05, 0) is 33.0 Å². The van der Waals surface area contributed by atoms with Crippen LogP contribution in [0.25, 0.3) is 0 Å².